The normalized spacial score (nSPS) is 11.2. The maximum Gasteiger partial charge on any atom is -0.0623 e. The third-order valence-corrected chi connectivity index (χ3v) is 1.11. The van der Waals surface area contributed by atoms with E-state index in [0.717, 1.165) is 0 Å². The summed E-state index contributed by atoms with van der Waals surface area (Å²) in [5, 5.41) is 0. The molecule has 0 bridgehead atoms. The molecule has 0 spiro atoms. The number of rotatable bonds is 0. The van der Waals surface area contributed by atoms with Crippen LogP contribution in [-0.2, 0) is 0 Å². The molecule has 0 heteroatoms. The number of hydrogen-bond acceptors (Lipinski definition) is 0. The first kappa shape index (κ1) is 6.81. The van der Waals surface area contributed by atoms with E-state index in [2.05, 4.69) is 0 Å². The standard InChI is InChI=1S/C6H6.C4H4/c1-2-4-6-5-3-1;1-2-4-3-1/h1-6H;1-4H. The van der Waals surface area contributed by atoms with E-state index in [0.29, 0.717) is 0 Å². The Balaban J connectivity index is 0.000000108. The second kappa shape index (κ2) is 4.57. The second-order valence-electron chi connectivity index (χ2n) is 1.92. The Labute approximate surface area is 61.5 Å². The Morgan fingerprint density at radius 2 is 0.500 bits per heavy atom. The number of allylic oxidation sites excluding steroid dienone is 4. The first-order valence-electron chi connectivity index (χ1n) is 3.33. The summed E-state index contributed by atoms with van der Waals surface area (Å²) >= 11 is 0. The highest BCUT2D eigenvalue weighted by Gasteiger charge is 1.65. The summed E-state index contributed by atoms with van der Waals surface area (Å²) in [5.74, 6) is 0. The topological polar surface area (TPSA) is 0 Å². The lowest BCUT2D eigenvalue weighted by Gasteiger charge is -1.77. The summed E-state index contributed by atoms with van der Waals surface area (Å²) in [6.07, 6.45) is 8.00. The van der Waals surface area contributed by atoms with E-state index in [-0.39, 0.29) is 0 Å². The van der Waals surface area contributed by atoms with Crippen LogP contribution < -0.4 is 0 Å². The highest BCUT2D eigenvalue weighted by molar-refractivity contribution is 5.22. The summed E-state index contributed by atoms with van der Waals surface area (Å²) in [6, 6.07) is 12.0. The smallest absolute Gasteiger partial charge is 0.0623 e. The fourth-order valence-electron chi connectivity index (χ4n) is 0.496. The molecule has 0 nitrogen and oxygen atoms in total. The molecule has 0 saturated carbocycles. The van der Waals surface area contributed by atoms with Gasteiger partial charge in [0, 0.05) is 0 Å². The van der Waals surface area contributed by atoms with Crippen LogP contribution in [0.25, 0.3) is 0 Å². The van der Waals surface area contributed by atoms with Gasteiger partial charge in [0.1, 0.15) is 0 Å². The minimum absolute atomic E-state index is 2.00. The third kappa shape index (κ3) is 2.88. The van der Waals surface area contributed by atoms with Crippen LogP contribution in [0.5, 0.6) is 0 Å². The zero-order chi connectivity index (χ0) is 7.07. The molecule has 0 fully saturated rings. The SMILES string of the molecule is C1=CC=C1.c1ccccc1. The van der Waals surface area contributed by atoms with Crippen molar-refractivity contribution in [2.75, 3.05) is 0 Å². The van der Waals surface area contributed by atoms with Crippen molar-refractivity contribution < 1.29 is 0 Å². The largest absolute Gasteiger partial charge is 0.0623 e. The molecule has 1 aliphatic rings. The first-order chi connectivity index (χ1) is 5.00. The molecule has 2 rings (SSSR count). The Morgan fingerprint density at radius 1 is 0.300 bits per heavy atom. The quantitative estimate of drug-likeness (QED) is 0.506. The molecule has 0 heterocycles. The van der Waals surface area contributed by atoms with Crippen LogP contribution in [0.4, 0.5) is 0 Å². The van der Waals surface area contributed by atoms with Crippen LogP contribution in [0.1, 0.15) is 0 Å². The zero-order valence-electron chi connectivity index (χ0n) is 5.77. The zero-order valence-corrected chi connectivity index (χ0v) is 5.77. The summed E-state index contributed by atoms with van der Waals surface area (Å²) in [4.78, 5) is 0. The fraction of sp³-hybridized carbons (Fsp3) is 0. The molecule has 0 saturated heterocycles. The summed E-state index contributed by atoms with van der Waals surface area (Å²) in [7, 11) is 0. The van der Waals surface area contributed by atoms with Gasteiger partial charge in [0.25, 0.3) is 0 Å². The van der Waals surface area contributed by atoms with E-state index in [1.807, 2.05) is 60.7 Å². The molecule has 0 amide bonds. The predicted molar refractivity (Wildman–Crippen MR) is 44.7 cm³/mol. The number of hydrogen-bond donors (Lipinski definition) is 0. The minimum atomic E-state index is 2.00. The summed E-state index contributed by atoms with van der Waals surface area (Å²) < 4.78 is 0. The van der Waals surface area contributed by atoms with Gasteiger partial charge in [0.05, 0.1) is 0 Å². The highest BCUT2D eigenvalue weighted by Crippen LogP contribution is 1.86. The fourth-order valence-corrected chi connectivity index (χ4v) is 0.496. The van der Waals surface area contributed by atoms with Crippen molar-refractivity contribution in [3.8, 4) is 0 Å². The first-order valence-corrected chi connectivity index (χ1v) is 3.33. The highest BCUT2D eigenvalue weighted by atomic mass is 13.7. The Kier molecular flexibility index (Phi) is 3.11. The third-order valence-electron chi connectivity index (χ3n) is 1.11. The van der Waals surface area contributed by atoms with Gasteiger partial charge in [-0.25, -0.2) is 0 Å². The predicted octanol–water partition coefficient (Wildman–Crippen LogP) is 2.80. The van der Waals surface area contributed by atoms with Gasteiger partial charge in [-0.1, -0.05) is 60.7 Å². The molecule has 0 aliphatic heterocycles. The van der Waals surface area contributed by atoms with Crippen molar-refractivity contribution >= 4 is 0 Å². The summed E-state index contributed by atoms with van der Waals surface area (Å²) in [6.45, 7) is 0. The second-order valence-corrected chi connectivity index (χ2v) is 1.92. The lowest BCUT2D eigenvalue weighted by Crippen LogP contribution is -1.55. The van der Waals surface area contributed by atoms with Gasteiger partial charge in [-0.15, -0.1) is 0 Å². The molecular formula is C10H10. The van der Waals surface area contributed by atoms with Crippen LogP contribution in [0.2, 0.25) is 0 Å². The van der Waals surface area contributed by atoms with Crippen LogP contribution in [-0.4, -0.2) is 0 Å². The molecule has 0 N–H and O–H groups in total. The minimum Gasteiger partial charge on any atom is -0.0623 e. The van der Waals surface area contributed by atoms with Crippen molar-refractivity contribution in [2.24, 2.45) is 0 Å². The molecule has 1 aromatic carbocycles. The van der Waals surface area contributed by atoms with Gasteiger partial charge >= 0.3 is 0 Å². The van der Waals surface area contributed by atoms with Crippen molar-refractivity contribution in [3.05, 3.63) is 60.7 Å². The Bertz CT molecular complexity index is 162. The van der Waals surface area contributed by atoms with Crippen molar-refractivity contribution in [1.82, 2.24) is 0 Å². The molecule has 10 heavy (non-hydrogen) atoms. The van der Waals surface area contributed by atoms with Crippen LogP contribution in [0, 0.1) is 0 Å². The van der Waals surface area contributed by atoms with Crippen molar-refractivity contribution in [1.29, 1.82) is 0 Å². The maximum absolute atomic E-state index is 2.00. The van der Waals surface area contributed by atoms with Gasteiger partial charge in [-0.3, -0.25) is 0 Å². The molecule has 1 aliphatic carbocycles. The average molecular weight is 130 g/mol. The lowest BCUT2D eigenvalue weighted by molar-refractivity contribution is 1.72. The molecule has 50 valence electrons. The Hall–Kier alpha value is -1.30. The van der Waals surface area contributed by atoms with Crippen LogP contribution in [0.15, 0.2) is 60.7 Å². The van der Waals surface area contributed by atoms with Crippen molar-refractivity contribution in [2.45, 2.75) is 0 Å². The van der Waals surface area contributed by atoms with E-state index in [1.54, 1.807) is 0 Å². The maximum atomic E-state index is 2.00. The molecule has 0 radical (unpaired) electrons. The van der Waals surface area contributed by atoms with Gasteiger partial charge in [0.2, 0.25) is 0 Å². The van der Waals surface area contributed by atoms with Gasteiger partial charge in [-0.2, -0.15) is 0 Å². The average Bonchev–Trinajstić information content (AvgIpc) is 1.88. The molecule has 0 unspecified atom stereocenters. The van der Waals surface area contributed by atoms with Crippen molar-refractivity contribution in [3.63, 3.8) is 0 Å². The lowest BCUT2D eigenvalue weighted by atomic mass is 10.3. The van der Waals surface area contributed by atoms with Gasteiger partial charge in [-0.05, 0) is 0 Å². The van der Waals surface area contributed by atoms with E-state index >= 15 is 0 Å². The Morgan fingerprint density at radius 3 is 0.600 bits per heavy atom. The van der Waals surface area contributed by atoms with Crippen LogP contribution in [0.3, 0.4) is 0 Å². The van der Waals surface area contributed by atoms with Gasteiger partial charge in [0.15, 0.2) is 0 Å². The molecule has 1 aromatic rings. The van der Waals surface area contributed by atoms with E-state index in [4.69, 9.17) is 0 Å². The van der Waals surface area contributed by atoms with Gasteiger partial charge < -0.3 is 0 Å². The molecular weight excluding hydrogens is 120 g/mol. The number of benzene rings is 1. The summed E-state index contributed by atoms with van der Waals surface area (Å²) in [5.41, 5.74) is 0. The molecule has 0 atom stereocenters. The molecule has 0 aromatic heterocycles. The monoisotopic (exact) mass is 130 g/mol. The van der Waals surface area contributed by atoms with E-state index in [9.17, 15) is 0 Å². The van der Waals surface area contributed by atoms with E-state index in [1.165, 1.54) is 0 Å². The van der Waals surface area contributed by atoms with Crippen LogP contribution >= 0.6 is 0 Å². The van der Waals surface area contributed by atoms with E-state index < -0.39 is 0 Å².